The normalized spacial score (nSPS) is 14.4. The molecule has 1 atom stereocenters. The number of nitro benzene ring substituents is 1. The van der Waals surface area contributed by atoms with Crippen LogP contribution < -0.4 is 5.32 Å². The Balaban J connectivity index is 1.57. The van der Waals surface area contributed by atoms with Crippen LogP contribution in [-0.4, -0.2) is 63.2 Å². The van der Waals surface area contributed by atoms with Crippen molar-refractivity contribution in [2.75, 3.05) is 26.3 Å². The lowest BCUT2D eigenvalue weighted by molar-refractivity contribution is -0.384. The van der Waals surface area contributed by atoms with E-state index >= 15 is 0 Å². The Bertz CT molecular complexity index is 1240. The number of carbonyl (C=O) groups is 2. The number of aromatic amines is 1. The number of imidazole rings is 1. The van der Waals surface area contributed by atoms with Gasteiger partial charge in [-0.2, -0.15) is 0 Å². The molecule has 0 saturated carbocycles. The van der Waals surface area contributed by atoms with E-state index in [4.69, 9.17) is 16.3 Å². The number of nitrogens with one attached hydrogen (secondary N) is 2. The highest BCUT2D eigenvalue weighted by atomic mass is 35.5. The Morgan fingerprint density at radius 1 is 1.23 bits per heavy atom. The van der Waals surface area contributed by atoms with Gasteiger partial charge in [-0.3, -0.25) is 14.9 Å². The number of carboxylic acid groups (broad SMARTS) is 1. The summed E-state index contributed by atoms with van der Waals surface area (Å²) in [5.74, 6) is 0.162. The predicted molar refractivity (Wildman–Crippen MR) is 126 cm³/mol. The Kier molecular flexibility index (Phi) is 7.28. The standard InChI is InChI=1S/C23H22ClN5O6/c24-20-19(15-4-6-17(7-5-15)29(33)34)26-21(27-20)18(25-23(31)32)13-14-2-1-3-16(12-14)22(30)28-8-10-35-11-9-28/h1-7,12,18,25H,8-11,13H2,(H,26,27)(H,31,32)/t18-/m0/s1. The SMILES string of the molecule is O=C(O)N[C@@H](Cc1cccc(C(=O)N2CCOCC2)c1)c1nc(-c2ccc([N+](=O)[O-])cc2)c(Cl)[nH]1. The van der Waals surface area contributed by atoms with Gasteiger partial charge in [-0.1, -0.05) is 23.7 Å². The lowest BCUT2D eigenvalue weighted by Gasteiger charge is -2.27. The molecule has 0 bridgehead atoms. The second kappa shape index (κ2) is 10.5. The first-order valence-corrected chi connectivity index (χ1v) is 11.2. The summed E-state index contributed by atoms with van der Waals surface area (Å²) < 4.78 is 5.30. The van der Waals surface area contributed by atoms with Gasteiger partial charge in [0.15, 0.2) is 0 Å². The Hall–Kier alpha value is -3.96. The van der Waals surface area contributed by atoms with Crippen LogP contribution in [0.15, 0.2) is 48.5 Å². The topological polar surface area (TPSA) is 151 Å². The van der Waals surface area contributed by atoms with Crippen LogP contribution in [0.2, 0.25) is 5.15 Å². The molecule has 0 unspecified atom stereocenters. The Labute approximate surface area is 204 Å². The quantitative estimate of drug-likeness (QED) is 0.331. The summed E-state index contributed by atoms with van der Waals surface area (Å²) in [5.41, 5.74) is 2.03. The molecule has 182 valence electrons. The van der Waals surface area contributed by atoms with Gasteiger partial charge in [-0.05, 0) is 29.8 Å². The molecule has 0 spiro atoms. The van der Waals surface area contributed by atoms with Crippen LogP contribution in [0.4, 0.5) is 10.5 Å². The largest absolute Gasteiger partial charge is 0.465 e. The maximum absolute atomic E-state index is 12.8. The van der Waals surface area contributed by atoms with Gasteiger partial charge in [0.2, 0.25) is 0 Å². The molecule has 3 N–H and O–H groups in total. The number of hydrogen-bond donors (Lipinski definition) is 3. The molecule has 2 aromatic carbocycles. The zero-order chi connectivity index (χ0) is 24.9. The minimum Gasteiger partial charge on any atom is -0.465 e. The average molecular weight is 500 g/mol. The Morgan fingerprint density at radius 3 is 2.60 bits per heavy atom. The van der Waals surface area contributed by atoms with Crippen LogP contribution in [0.5, 0.6) is 0 Å². The highest BCUT2D eigenvalue weighted by molar-refractivity contribution is 6.31. The van der Waals surface area contributed by atoms with Crippen molar-refractivity contribution in [1.29, 1.82) is 0 Å². The highest BCUT2D eigenvalue weighted by Gasteiger charge is 2.23. The van der Waals surface area contributed by atoms with E-state index in [2.05, 4.69) is 15.3 Å². The minimum absolute atomic E-state index is 0.0717. The fraction of sp³-hybridized carbons (Fsp3) is 0.261. The van der Waals surface area contributed by atoms with Crippen LogP contribution in [0.3, 0.4) is 0 Å². The summed E-state index contributed by atoms with van der Waals surface area (Å²) in [6.45, 7) is 2.02. The third-order valence-electron chi connectivity index (χ3n) is 5.57. The van der Waals surface area contributed by atoms with E-state index in [1.807, 2.05) is 0 Å². The number of amides is 2. The number of benzene rings is 2. The molecule has 12 heteroatoms. The van der Waals surface area contributed by atoms with Crippen molar-refractivity contribution in [3.05, 3.63) is 80.7 Å². The summed E-state index contributed by atoms with van der Waals surface area (Å²) in [4.78, 5) is 43.8. The lowest BCUT2D eigenvalue weighted by atomic mass is 10.0. The summed E-state index contributed by atoms with van der Waals surface area (Å²) in [6.07, 6.45) is -1.04. The predicted octanol–water partition coefficient (Wildman–Crippen LogP) is 3.66. The van der Waals surface area contributed by atoms with Crippen molar-refractivity contribution in [2.45, 2.75) is 12.5 Å². The third-order valence-corrected chi connectivity index (χ3v) is 5.84. The molecule has 2 amide bonds. The number of morpholine rings is 1. The molecule has 1 aromatic heterocycles. The molecule has 0 aliphatic carbocycles. The molecule has 3 aromatic rings. The first kappa shape index (κ1) is 24.2. The highest BCUT2D eigenvalue weighted by Crippen LogP contribution is 2.30. The monoisotopic (exact) mass is 499 g/mol. The summed E-state index contributed by atoms with van der Waals surface area (Å²) in [5, 5.41) is 22.9. The number of nitrogens with zero attached hydrogens (tertiary/aromatic N) is 3. The number of carbonyl (C=O) groups excluding carboxylic acids is 1. The van der Waals surface area contributed by atoms with Crippen LogP contribution >= 0.6 is 11.6 Å². The molecule has 4 rings (SSSR count). The number of ether oxygens (including phenoxy) is 1. The van der Waals surface area contributed by atoms with Gasteiger partial charge in [0.25, 0.3) is 11.6 Å². The van der Waals surface area contributed by atoms with E-state index in [-0.39, 0.29) is 29.0 Å². The number of nitro groups is 1. The van der Waals surface area contributed by atoms with Crippen molar-refractivity contribution in [3.63, 3.8) is 0 Å². The van der Waals surface area contributed by atoms with Crippen molar-refractivity contribution in [2.24, 2.45) is 0 Å². The number of non-ortho nitro benzene ring substituents is 1. The molecule has 35 heavy (non-hydrogen) atoms. The zero-order valence-corrected chi connectivity index (χ0v) is 19.2. The smallest absolute Gasteiger partial charge is 0.405 e. The van der Waals surface area contributed by atoms with Crippen LogP contribution in [-0.2, 0) is 11.2 Å². The number of halogens is 1. The third kappa shape index (κ3) is 5.76. The molecular formula is C23H22ClN5O6. The van der Waals surface area contributed by atoms with Crippen molar-refractivity contribution in [3.8, 4) is 11.3 Å². The van der Waals surface area contributed by atoms with Crippen molar-refractivity contribution < 1.29 is 24.4 Å². The van der Waals surface area contributed by atoms with Gasteiger partial charge in [-0.25, -0.2) is 9.78 Å². The number of hydrogen-bond acceptors (Lipinski definition) is 6. The van der Waals surface area contributed by atoms with Crippen LogP contribution in [0.1, 0.15) is 27.8 Å². The molecule has 1 saturated heterocycles. The van der Waals surface area contributed by atoms with Gasteiger partial charge in [0, 0.05) is 42.8 Å². The maximum atomic E-state index is 12.8. The Morgan fingerprint density at radius 2 is 1.94 bits per heavy atom. The second-order valence-electron chi connectivity index (χ2n) is 7.90. The van der Waals surface area contributed by atoms with Crippen molar-refractivity contribution in [1.82, 2.24) is 20.2 Å². The number of rotatable bonds is 7. The fourth-order valence-electron chi connectivity index (χ4n) is 3.85. The molecule has 1 fully saturated rings. The van der Waals surface area contributed by atoms with E-state index in [9.17, 15) is 24.8 Å². The summed E-state index contributed by atoms with van der Waals surface area (Å²) in [7, 11) is 0. The molecule has 1 aliphatic rings. The van der Waals surface area contributed by atoms with Gasteiger partial charge in [0.1, 0.15) is 16.7 Å². The van der Waals surface area contributed by atoms with Gasteiger partial charge < -0.3 is 25.0 Å². The second-order valence-corrected chi connectivity index (χ2v) is 8.28. The number of H-pyrrole nitrogens is 1. The molecule has 11 nitrogen and oxygen atoms in total. The first-order valence-electron chi connectivity index (χ1n) is 10.8. The van der Waals surface area contributed by atoms with E-state index < -0.39 is 17.1 Å². The van der Waals surface area contributed by atoms with Crippen molar-refractivity contribution >= 4 is 29.3 Å². The maximum Gasteiger partial charge on any atom is 0.405 e. The number of aromatic nitrogens is 2. The molecule has 0 radical (unpaired) electrons. The molecule has 1 aliphatic heterocycles. The van der Waals surface area contributed by atoms with E-state index in [1.54, 1.807) is 29.2 Å². The summed E-state index contributed by atoms with van der Waals surface area (Å²) >= 11 is 6.33. The van der Waals surface area contributed by atoms with E-state index in [0.29, 0.717) is 43.1 Å². The summed E-state index contributed by atoms with van der Waals surface area (Å²) in [6, 6.07) is 11.9. The van der Waals surface area contributed by atoms with Gasteiger partial charge in [0.05, 0.1) is 24.2 Å². The van der Waals surface area contributed by atoms with Gasteiger partial charge >= 0.3 is 6.09 Å². The fourth-order valence-corrected chi connectivity index (χ4v) is 4.10. The van der Waals surface area contributed by atoms with E-state index in [0.717, 1.165) is 5.56 Å². The molecule has 2 heterocycles. The average Bonchev–Trinajstić information content (AvgIpc) is 3.25. The van der Waals surface area contributed by atoms with E-state index in [1.165, 1.54) is 24.3 Å². The van der Waals surface area contributed by atoms with Crippen LogP contribution in [0.25, 0.3) is 11.3 Å². The minimum atomic E-state index is -1.25. The first-order chi connectivity index (χ1) is 16.8. The van der Waals surface area contributed by atoms with Crippen LogP contribution in [0, 0.1) is 10.1 Å². The lowest BCUT2D eigenvalue weighted by Crippen LogP contribution is -2.40. The van der Waals surface area contributed by atoms with Gasteiger partial charge in [-0.15, -0.1) is 0 Å². The zero-order valence-electron chi connectivity index (χ0n) is 18.4. The molecular weight excluding hydrogens is 478 g/mol.